The van der Waals surface area contributed by atoms with Gasteiger partial charge in [-0.25, -0.2) is 26.3 Å². The Labute approximate surface area is 355 Å². The predicted octanol–water partition coefficient (Wildman–Crippen LogP) is -0.664. The molecule has 7 aliphatic rings. The molecule has 7 aliphatic carbocycles. The van der Waals surface area contributed by atoms with E-state index >= 15 is 0 Å². The molecule has 0 spiro atoms. The molecular formula is C32H41ClF8Na2O11. The molecule has 22 heteroatoms. The zero-order chi connectivity index (χ0) is 38.1. The molecule has 0 aromatic carbocycles. The summed E-state index contributed by atoms with van der Waals surface area (Å²) in [5, 5.41) is 21.8. The number of carbonyl (C=O) groups excluding carboxylic acids is 3. The van der Waals surface area contributed by atoms with Gasteiger partial charge in [0, 0.05) is 35.5 Å². The molecule has 0 aliphatic heterocycles. The largest absolute Gasteiger partial charge is 1.00 e. The first-order valence-corrected chi connectivity index (χ1v) is 16.0. The number of methoxy groups -OCH3 is 2. The molecule has 300 valence electrons. The number of allylic oxidation sites excluding steroid dienone is 2. The van der Waals surface area contributed by atoms with Gasteiger partial charge in [-0.05, 0) is 63.0 Å². The van der Waals surface area contributed by atoms with Crippen LogP contribution in [-0.4, -0.2) is 82.9 Å². The molecular weight excluding hydrogens is 794 g/mol. The Bertz CT molecular complexity index is 1260. The Morgan fingerprint density at radius 2 is 0.852 bits per heavy atom. The molecule has 6 unspecified atom stereocenters. The van der Waals surface area contributed by atoms with Crippen LogP contribution in [0, 0.1) is 59.2 Å². The number of carboxylic acid groups (broad SMARTS) is 3. The summed E-state index contributed by atoms with van der Waals surface area (Å²) < 4.78 is 106. The number of alkyl halides is 9. The summed E-state index contributed by atoms with van der Waals surface area (Å²) in [5.41, 5.74) is 0. The van der Waals surface area contributed by atoms with Crippen molar-refractivity contribution >= 4 is 41.4 Å². The second-order valence-corrected chi connectivity index (χ2v) is 13.8. The Hall–Kier alpha value is -1.22. The third kappa shape index (κ3) is 13.2. The van der Waals surface area contributed by atoms with E-state index in [4.69, 9.17) is 20.1 Å². The van der Waals surface area contributed by atoms with E-state index in [1.807, 2.05) is 12.2 Å². The fraction of sp³-hybridized carbons (Fsp3) is 0.781. The van der Waals surface area contributed by atoms with Crippen molar-refractivity contribution in [3.63, 3.8) is 0 Å². The van der Waals surface area contributed by atoms with Crippen molar-refractivity contribution < 1.29 is 148 Å². The Balaban J connectivity index is 0. The van der Waals surface area contributed by atoms with Gasteiger partial charge in [0.2, 0.25) is 0 Å². The summed E-state index contributed by atoms with van der Waals surface area (Å²) in [6.45, 7) is 0. The van der Waals surface area contributed by atoms with Crippen LogP contribution < -0.4 is 64.2 Å². The molecule has 0 saturated heterocycles. The van der Waals surface area contributed by atoms with Crippen LogP contribution in [0.4, 0.5) is 35.1 Å². The normalized spacial score (nSPS) is 32.2. The minimum Gasteiger partial charge on any atom is -0.870 e. The van der Waals surface area contributed by atoms with E-state index in [-0.39, 0.29) is 121 Å². The summed E-state index contributed by atoms with van der Waals surface area (Å²) in [7, 11) is 2.73. The third-order valence-electron chi connectivity index (χ3n) is 10.3. The third-order valence-corrected chi connectivity index (χ3v) is 10.5. The number of hydrogen-bond donors (Lipinski definition) is 2. The number of esters is 2. The number of carboxylic acids is 3. The quantitative estimate of drug-likeness (QED) is 0.117. The Kier molecular flexibility index (Phi) is 21.3. The first-order chi connectivity index (χ1) is 22.9. The summed E-state index contributed by atoms with van der Waals surface area (Å²) in [4.78, 5) is 51.4. The molecule has 0 radical (unpaired) electrons. The summed E-state index contributed by atoms with van der Waals surface area (Å²) in [6.07, 6.45) is 7.05. The fourth-order valence-corrected chi connectivity index (χ4v) is 7.18. The van der Waals surface area contributed by atoms with Crippen molar-refractivity contribution in [3.05, 3.63) is 12.2 Å². The maximum Gasteiger partial charge on any atom is 1.00 e. The number of rotatable bonds is 5. The Morgan fingerprint density at radius 1 is 0.630 bits per heavy atom. The molecule has 6 fully saturated rings. The van der Waals surface area contributed by atoms with Crippen molar-refractivity contribution in [2.24, 2.45) is 59.2 Å². The van der Waals surface area contributed by atoms with Crippen LogP contribution in [0.3, 0.4) is 0 Å². The van der Waals surface area contributed by atoms with Crippen molar-refractivity contribution in [1.82, 2.24) is 0 Å². The average molecular weight is 835 g/mol. The fourth-order valence-electron chi connectivity index (χ4n) is 7.18. The smallest absolute Gasteiger partial charge is 0.870 e. The van der Waals surface area contributed by atoms with Crippen LogP contribution >= 0.6 is 11.6 Å². The second kappa shape index (κ2) is 21.0. The van der Waals surface area contributed by atoms with E-state index in [0.29, 0.717) is 12.8 Å². The number of halogens is 9. The van der Waals surface area contributed by atoms with Gasteiger partial charge in [0.15, 0.2) is 0 Å². The maximum absolute atomic E-state index is 12.6. The van der Waals surface area contributed by atoms with Crippen LogP contribution in [0.2, 0.25) is 0 Å². The number of ether oxygens (including phenoxy) is 2. The molecule has 7 rings (SSSR count). The van der Waals surface area contributed by atoms with Crippen molar-refractivity contribution in [2.45, 2.75) is 81.9 Å². The summed E-state index contributed by atoms with van der Waals surface area (Å²) in [5.74, 6) is -17.1. The van der Waals surface area contributed by atoms with Gasteiger partial charge in [0.05, 0.1) is 37.9 Å². The predicted molar refractivity (Wildman–Crippen MR) is 160 cm³/mol. The van der Waals surface area contributed by atoms with Crippen LogP contribution in [0.1, 0.15) is 58.8 Å². The number of aliphatic carboxylic acids is 3. The maximum atomic E-state index is 12.6. The monoisotopic (exact) mass is 834 g/mol. The van der Waals surface area contributed by atoms with E-state index in [0.717, 1.165) is 12.8 Å². The van der Waals surface area contributed by atoms with Gasteiger partial charge in [-0.3, -0.25) is 19.2 Å². The van der Waals surface area contributed by atoms with Gasteiger partial charge in [0.25, 0.3) is 17.8 Å². The van der Waals surface area contributed by atoms with Crippen LogP contribution in [0.15, 0.2) is 12.2 Å². The van der Waals surface area contributed by atoms with Gasteiger partial charge in [-0.2, -0.15) is 8.78 Å². The molecule has 54 heavy (non-hydrogen) atoms. The van der Waals surface area contributed by atoms with Crippen molar-refractivity contribution in [1.29, 1.82) is 0 Å². The second-order valence-electron chi connectivity index (χ2n) is 13.3. The molecule has 8 atom stereocenters. The van der Waals surface area contributed by atoms with Gasteiger partial charge >= 0.3 is 88.4 Å². The van der Waals surface area contributed by atoms with Crippen molar-refractivity contribution in [2.75, 3.05) is 14.2 Å². The van der Waals surface area contributed by atoms with Gasteiger partial charge in [0.1, 0.15) is 5.97 Å². The summed E-state index contributed by atoms with van der Waals surface area (Å²) >= 11 is 3.87. The average Bonchev–Trinajstić information content (AvgIpc) is 3.65. The van der Waals surface area contributed by atoms with Crippen LogP contribution in [0.5, 0.6) is 0 Å². The van der Waals surface area contributed by atoms with Gasteiger partial charge in [-0.15, -0.1) is 0 Å². The number of carbonyl (C=O) groups is 5. The minimum absolute atomic E-state index is 0. The molecule has 0 bridgehead atoms. The molecule has 0 aromatic rings. The first kappa shape index (κ1) is 54.9. The van der Waals surface area contributed by atoms with Gasteiger partial charge < -0.3 is 35.1 Å². The molecule has 11 nitrogen and oxygen atoms in total. The molecule has 0 aromatic heterocycles. The standard InChI is InChI=1S/C8H10F2O2.2C7H8F2O2.C7H10O2.C2HClF2O2.CH4.2Na.H2O/c1-12-7(11)4-2-5-6(3-4)8(5,9)10;2*8-7(9)4-1-3(6(10)11)2-5(4)7;1-9-7(8)6-4-2-3-5-6;3-2(4,5)1(6)7;;;;/h4-6H,2-3H2,1H3;2*3-5H,1-2H2,(H,10,11);2-3,6H,4-5H2,1H3;(H,6,7);1H4;;;1H2/q;;;;;;2*+1;/p-2/t;2*3?,4-,5?;;;;;;/m.00....../s1. The molecule has 3 N–H and O–H groups in total. The topological polar surface area (TPSA) is 197 Å². The minimum atomic E-state index is -4.22. The first-order valence-electron chi connectivity index (χ1n) is 15.6. The van der Waals surface area contributed by atoms with Crippen molar-refractivity contribution in [3.8, 4) is 0 Å². The van der Waals surface area contributed by atoms with Crippen LogP contribution in [0.25, 0.3) is 0 Å². The molecule has 0 amide bonds. The number of fused-ring (bicyclic) bond motifs is 3. The van der Waals surface area contributed by atoms with Gasteiger partial charge in [-0.1, -0.05) is 19.6 Å². The molecule has 6 saturated carbocycles. The van der Waals surface area contributed by atoms with E-state index < -0.39 is 88.4 Å². The Morgan fingerprint density at radius 3 is 1.06 bits per heavy atom. The zero-order valence-corrected chi connectivity index (χ0v) is 33.9. The van der Waals surface area contributed by atoms with E-state index in [1.165, 1.54) is 14.2 Å². The zero-order valence-electron chi connectivity index (χ0n) is 29.1. The van der Waals surface area contributed by atoms with Crippen LogP contribution in [-0.2, 0) is 33.4 Å². The van der Waals surface area contributed by atoms with E-state index in [1.54, 1.807) is 0 Å². The summed E-state index contributed by atoms with van der Waals surface area (Å²) in [6, 6.07) is 0. The van der Waals surface area contributed by atoms with E-state index in [2.05, 4.69) is 21.1 Å². The number of hydrogen-bond acceptors (Lipinski definition) is 9. The SMILES string of the molecule is C.COC(=O)C1CC2C(C1)C2(F)F.COC(=O)C1CC=CC1.O=C(O)C1CC2[C@H](C1)C2(F)F.O=C(O)C1CC2[C@H](C1)C2(F)F.O=C([O-])C(F)(F)Cl.[Na+].[Na+].[OH-]. The molecule has 0 heterocycles. The van der Waals surface area contributed by atoms with E-state index in [9.17, 15) is 54.3 Å².